The minimum absolute atomic E-state index is 0.138. The second kappa shape index (κ2) is 7.30. The van der Waals surface area contributed by atoms with Crippen LogP contribution in [0.1, 0.15) is 25.3 Å². The topological polar surface area (TPSA) is 38.5 Å². The molecule has 20 heavy (non-hydrogen) atoms. The fourth-order valence-corrected chi connectivity index (χ4v) is 3.17. The van der Waals surface area contributed by atoms with Gasteiger partial charge in [0, 0.05) is 37.0 Å². The number of piperidine rings is 1. The van der Waals surface area contributed by atoms with E-state index < -0.39 is 0 Å². The van der Waals surface area contributed by atoms with E-state index in [4.69, 9.17) is 22.1 Å². The summed E-state index contributed by atoms with van der Waals surface area (Å²) in [6.45, 7) is 5.00. The zero-order valence-corrected chi connectivity index (χ0v) is 13.2. The fourth-order valence-electron chi connectivity index (χ4n) is 2.92. The molecular formula is C16H25ClN2O. The van der Waals surface area contributed by atoms with Crippen LogP contribution in [-0.4, -0.2) is 32.8 Å². The van der Waals surface area contributed by atoms with E-state index in [1.807, 2.05) is 6.92 Å². The quantitative estimate of drug-likeness (QED) is 0.907. The summed E-state index contributed by atoms with van der Waals surface area (Å²) < 4.78 is 5.29. The molecule has 1 aliphatic rings. The summed E-state index contributed by atoms with van der Waals surface area (Å²) in [5, 5.41) is 0.827. The van der Waals surface area contributed by atoms with Gasteiger partial charge in [0.05, 0.1) is 6.61 Å². The van der Waals surface area contributed by atoms with E-state index in [0.717, 1.165) is 36.7 Å². The number of ether oxygens (including phenoxy) is 1. The Morgan fingerprint density at radius 2 is 2.30 bits per heavy atom. The summed E-state index contributed by atoms with van der Waals surface area (Å²) in [7, 11) is 1.78. The Balaban J connectivity index is 2.06. The lowest BCUT2D eigenvalue weighted by molar-refractivity contribution is 0.143. The van der Waals surface area contributed by atoms with Crippen LogP contribution in [0, 0.1) is 5.92 Å². The SMILES string of the molecule is COCC1CCCN(c2ccc(CC(C)N)c(Cl)c2)C1. The number of nitrogens with zero attached hydrogens (tertiary/aromatic N) is 1. The van der Waals surface area contributed by atoms with Crippen LogP contribution in [-0.2, 0) is 11.2 Å². The molecule has 2 rings (SSSR count). The molecule has 1 aliphatic heterocycles. The predicted octanol–water partition coefficient (Wildman–Crippen LogP) is 3.09. The lowest BCUT2D eigenvalue weighted by atomic mass is 9.98. The molecule has 3 nitrogen and oxygen atoms in total. The molecule has 0 saturated carbocycles. The Morgan fingerprint density at radius 1 is 1.50 bits per heavy atom. The van der Waals surface area contributed by atoms with Gasteiger partial charge in [-0.25, -0.2) is 0 Å². The average Bonchev–Trinajstić information content (AvgIpc) is 2.41. The minimum Gasteiger partial charge on any atom is -0.384 e. The summed E-state index contributed by atoms with van der Waals surface area (Å²) in [6.07, 6.45) is 3.29. The van der Waals surface area contributed by atoms with E-state index in [1.165, 1.54) is 18.5 Å². The summed E-state index contributed by atoms with van der Waals surface area (Å²) in [5.74, 6) is 0.622. The first-order chi connectivity index (χ1) is 9.60. The number of methoxy groups -OCH3 is 1. The molecule has 1 aromatic rings. The molecule has 1 fully saturated rings. The highest BCUT2D eigenvalue weighted by molar-refractivity contribution is 6.31. The van der Waals surface area contributed by atoms with Gasteiger partial charge < -0.3 is 15.4 Å². The molecular weight excluding hydrogens is 272 g/mol. The van der Waals surface area contributed by atoms with Gasteiger partial charge in [-0.05, 0) is 49.8 Å². The first-order valence-corrected chi connectivity index (χ1v) is 7.76. The highest BCUT2D eigenvalue weighted by atomic mass is 35.5. The van der Waals surface area contributed by atoms with E-state index in [1.54, 1.807) is 7.11 Å². The van der Waals surface area contributed by atoms with Crippen LogP contribution in [0.25, 0.3) is 0 Å². The first-order valence-electron chi connectivity index (χ1n) is 7.38. The number of halogens is 1. The largest absolute Gasteiger partial charge is 0.384 e. The minimum atomic E-state index is 0.138. The Kier molecular flexibility index (Phi) is 5.70. The van der Waals surface area contributed by atoms with Crippen molar-refractivity contribution in [3.63, 3.8) is 0 Å². The van der Waals surface area contributed by atoms with Crippen molar-refractivity contribution in [1.29, 1.82) is 0 Å². The molecule has 1 aromatic carbocycles. The molecule has 0 aromatic heterocycles. The number of hydrogen-bond donors (Lipinski definition) is 1. The second-order valence-corrected chi connectivity index (χ2v) is 6.27. The third-order valence-corrected chi connectivity index (χ3v) is 4.22. The van der Waals surface area contributed by atoms with Crippen LogP contribution in [0.4, 0.5) is 5.69 Å². The van der Waals surface area contributed by atoms with Gasteiger partial charge in [-0.2, -0.15) is 0 Å². The summed E-state index contributed by atoms with van der Waals surface area (Å²) in [5.41, 5.74) is 8.19. The van der Waals surface area contributed by atoms with Crippen LogP contribution < -0.4 is 10.6 Å². The van der Waals surface area contributed by atoms with E-state index in [9.17, 15) is 0 Å². The number of benzene rings is 1. The van der Waals surface area contributed by atoms with Crippen molar-refractivity contribution in [2.24, 2.45) is 11.7 Å². The lowest BCUT2D eigenvalue weighted by Crippen LogP contribution is -2.37. The maximum absolute atomic E-state index is 6.38. The molecule has 112 valence electrons. The fraction of sp³-hybridized carbons (Fsp3) is 0.625. The van der Waals surface area contributed by atoms with Crippen molar-refractivity contribution < 1.29 is 4.74 Å². The molecule has 1 saturated heterocycles. The van der Waals surface area contributed by atoms with Crippen molar-refractivity contribution in [3.05, 3.63) is 28.8 Å². The molecule has 1 heterocycles. The van der Waals surface area contributed by atoms with Crippen molar-refractivity contribution >= 4 is 17.3 Å². The smallest absolute Gasteiger partial charge is 0.0507 e. The van der Waals surface area contributed by atoms with E-state index >= 15 is 0 Å². The van der Waals surface area contributed by atoms with E-state index in [0.29, 0.717) is 5.92 Å². The molecule has 0 bridgehead atoms. The first kappa shape index (κ1) is 15.6. The normalized spacial score (nSPS) is 21.0. The van der Waals surface area contributed by atoms with Gasteiger partial charge in [-0.15, -0.1) is 0 Å². The molecule has 0 amide bonds. The third-order valence-electron chi connectivity index (χ3n) is 3.87. The third kappa shape index (κ3) is 4.11. The van der Waals surface area contributed by atoms with Crippen LogP contribution in [0.15, 0.2) is 18.2 Å². The van der Waals surface area contributed by atoms with Crippen molar-refractivity contribution in [2.45, 2.75) is 32.2 Å². The summed E-state index contributed by atoms with van der Waals surface area (Å²) in [4.78, 5) is 2.41. The average molecular weight is 297 g/mol. The van der Waals surface area contributed by atoms with Crippen LogP contribution in [0.2, 0.25) is 5.02 Å². The van der Waals surface area contributed by atoms with Gasteiger partial charge in [0.25, 0.3) is 0 Å². The van der Waals surface area contributed by atoms with Gasteiger partial charge in [-0.3, -0.25) is 0 Å². The zero-order valence-electron chi connectivity index (χ0n) is 12.4. The van der Waals surface area contributed by atoms with Crippen molar-refractivity contribution in [1.82, 2.24) is 0 Å². The Bertz CT molecular complexity index is 434. The molecule has 0 aliphatic carbocycles. The van der Waals surface area contributed by atoms with Gasteiger partial charge in [0.1, 0.15) is 0 Å². The van der Waals surface area contributed by atoms with Crippen molar-refractivity contribution in [3.8, 4) is 0 Å². The highest BCUT2D eigenvalue weighted by Gasteiger charge is 2.20. The maximum atomic E-state index is 6.38. The second-order valence-electron chi connectivity index (χ2n) is 5.87. The van der Waals surface area contributed by atoms with E-state index in [-0.39, 0.29) is 6.04 Å². The zero-order chi connectivity index (χ0) is 14.5. The summed E-state index contributed by atoms with van der Waals surface area (Å²) >= 11 is 6.38. The maximum Gasteiger partial charge on any atom is 0.0507 e. The molecule has 2 atom stereocenters. The van der Waals surface area contributed by atoms with Gasteiger partial charge in [0.2, 0.25) is 0 Å². The van der Waals surface area contributed by atoms with Crippen LogP contribution >= 0.6 is 11.6 Å². The van der Waals surface area contributed by atoms with Crippen LogP contribution in [0.5, 0.6) is 0 Å². The predicted molar refractivity (Wildman–Crippen MR) is 85.6 cm³/mol. The van der Waals surface area contributed by atoms with Gasteiger partial charge in [-0.1, -0.05) is 17.7 Å². The van der Waals surface area contributed by atoms with Crippen molar-refractivity contribution in [2.75, 3.05) is 31.7 Å². The molecule has 2 N–H and O–H groups in total. The Labute approximate surface area is 127 Å². The number of hydrogen-bond acceptors (Lipinski definition) is 3. The standard InChI is InChI=1S/C16H25ClN2O/c1-12(18)8-14-5-6-15(9-16(14)17)19-7-3-4-13(10-19)11-20-2/h5-6,9,12-13H,3-4,7-8,10-11,18H2,1-2H3. The van der Waals surface area contributed by atoms with E-state index in [2.05, 4.69) is 23.1 Å². The lowest BCUT2D eigenvalue weighted by Gasteiger charge is -2.34. The summed E-state index contributed by atoms with van der Waals surface area (Å²) in [6, 6.07) is 6.49. The Morgan fingerprint density at radius 3 is 2.95 bits per heavy atom. The van der Waals surface area contributed by atoms with Gasteiger partial charge in [0.15, 0.2) is 0 Å². The van der Waals surface area contributed by atoms with Crippen LogP contribution in [0.3, 0.4) is 0 Å². The molecule has 2 unspecified atom stereocenters. The molecule has 4 heteroatoms. The highest BCUT2D eigenvalue weighted by Crippen LogP contribution is 2.28. The molecule has 0 spiro atoms. The Hall–Kier alpha value is -0.770. The number of nitrogens with two attached hydrogens (primary N) is 1. The molecule has 0 radical (unpaired) electrons. The van der Waals surface area contributed by atoms with Gasteiger partial charge >= 0.3 is 0 Å². The monoisotopic (exact) mass is 296 g/mol. The number of rotatable bonds is 5. The number of anilines is 1.